The summed E-state index contributed by atoms with van der Waals surface area (Å²) in [6.07, 6.45) is 15.5. The Morgan fingerprint density at radius 3 is 1.27 bits per heavy atom. The fraction of sp³-hybridized carbons (Fsp3) is 0.233. The third-order valence-corrected chi connectivity index (χ3v) is 12.4. The molecule has 4 aromatic rings. The quantitative estimate of drug-likeness (QED) is 0.119. The molecule has 4 unspecified atom stereocenters. The molecular weight excluding hydrogens is 693 g/mol. The van der Waals surface area contributed by atoms with E-state index in [4.69, 9.17) is 8.37 Å². The Morgan fingerprint density at radius 1 is 0.538 bits per heavy atom. The van der Waals surface area contributed by atoms with Crippen molar-refractivity contribution in [1.29, 1.82) is 0 Å². The van der Waals surface area contributed by atoms with Gasteiger partial charge in [-0.05, 0) is 74.2 Å². The summed E-state index contributed by atoms with van der Waals surface area (Å²) < 4.78 is 67.2. The number of carbonyl (C=O) groups is 1. The van der Waals surface area contributed by atoms with Crippen LogP contribution in [0.15, 0.2) is 168 Å². The van der Waals surface area contributed by atoms with Crippen molar-refractivity contribution < 1.29 is 30.0 Å². The molecule has 0 aliphatic heterocycles. The third-order valence-electron chi connectivity index (χ3n) is 9.73. The van der Waals surface area contributed by atoms with Crippen molar-refractivity contribution in [3.63, 3.8) is 0 Å². The lowest BCUT2D eigenvalue weighted by atomic mass is 9.75. The largest absolute Gasteiger partial charge is 0.300 e. The highest BCUT2D eigenvalue weighted by Gasteiger charge is 2.45. The molecule has 2 aliphatic rings. The number of hydrogen-bond donors (Lipinski definition) is 0. The standard InChI is InChI=1S/C43H42O7S2/c1-33-19-27-40(28-20-33)51(45,46)49-42(35-13-5-3-6-14-35)31-11-9-17-37(42)23-25-39(44)26-24-38-18-10-12-32-43(38,36-15-7-4-8-16-36)50-52(47,48)41-29-21-34(2)22-30-41/h3-22,27-32,37-38H,23-26H2,1-2H3. The minimum Gasteiger partial charge on any atom is -0.300 e. The Balaban J connectivity index is 1.22. The van der Waals surface area contributed by atoms with Crippen molar-refractivity contribution in [2.75, 3.05) is 0 Å². The summed E-state index contributed by atoms with van der Waals surface area (Å²) >= 11 is 0. The lowest BCUT2D eigenvalue weighted by Gasteiger charge is -2.38. The van der Waals surface area contributed by atoms with Crippen molar-refractivity contribution in [2.24, 2.45) is 11.8 Å². The highest BCUT2D eigenvalue weighted by Crippen LogP contribution is 2.45. The zero-order chi connectivity index (χ0) is 36.8. The molecule has 0 amide bonds. The molecule has 0 fully saturated rings. The van der Waals surface area contributed by atoms with Crippen LogP contribution in [0.3, 0.4) is 0 Å². The maximum atomic E-state index is 13.7. The molecule has 0 spiro atoms. The van der Waals surface area contributed by atoms with Crippen molar-refractivity contribution in [3.05, 3.63) is 180 Å². The number of Topliss-reactive ketones (excluding diaryl/α,β-unsaturated/α-hetero) is 1. The lowest BCUT2D eigenvalue weighted by Crippen LogP contribution is -2.39. The average molecular weight is 735 g/mol. The second-order valence-corrected chi connectivity index (χ2v) is 16.4. The van der Waals surface area contributed by atoms with Crippen LogP contribution in [0.4, 0.5) is 0 Å². The van der Waals surface area contributed by atoms with Gasteiger partial charge in [-0.25, -0.2) is 8.37 Å². The van der Waals surface area contributed by atoms with Crippen LogP contribution in [0.25, 0.3) is 0 Å². The van der Waals surface area contributed by atoms with Crippen molar-refractivity contribution in [1.82, 2.24) is 0 Å². The van der Waals surface area contributed by atoms with Gasteiger partial charge in [-0.15, -0.1) is 0 Å². The van der Waals surface area contributed by atoms with Crippen molar-refractivity contribution in [2.45, 2.75) is 60.5 Å². The molecule has 0 N–H and O–H groups in total. The molecule has 2 aliphatic carbocycles. The van der Waals surface area contributed by atoms with E-state index < -0.39 is 43.3 Å². The molecule has 0 radical (unpaired) electrons. The SMILES string of the molecule is Cc1ccc(S(=O)(=O)OC2(c3ccccc3)C=CC=CC2CCC(=O)CCC2C=CC=CC2(OS(=O)(=O)c2ccc(C)cc2)c2ccccc2)cc1. The summed E-state index contributed by atoms with van der Waals surface area (Å²) in [6.45, 7) is 3.77. The number of carbonyl (C=O) groups excluding carboxylic acids is 1. The third kappa shape index (κ3) is 8.03. The second-order valence-electron chi connectivity index (χ2n) is 13.3. The van der Waals surface area contributed by atoms with Crippen LogP contribution >= 0.6 is 0 Å². The van der Waals surface area contributed by atoms with E-state index in [1.807, 2.05) is 98.8 Å². The van der Waals surface area contributed by atoms with Crippen LogP contribution in [0.1, 0.15) is 47.9 Å². The fourth-order valence-corrected chi connectivity index (χ4v) is 9.28. The number of aryl methyl sites for hydroxylation is 2. The Morgan fingerprint density at radius 2 is 0.904 bits per heavy atom. The molecule has 9 heteroatoms. The van der Waals surface area contributed by atoms with Crippen LogP contribution in [-0.2, 0) is 44.6 Å². The highest BCUT2D eigenvalue weighted by molar-refractivity contribution is 7.87. The minimum atomic E-state index is -4.20. The fourth-order valence-electron chi connectivity index (χ4n) is 6.87. The van der Waals surface area contributed by atoms with Gasteiger partial charge in [0.25, 0.3) is 20.2 Å². The summed E-state index contributed by atoms with van der Waals surface area (Å²) in [5, 5.41) is 0. The van der Waals surface area contributed by atoms with Gasteiger partial charge in [0.1, 0.15) is 17.0 Å². The van der Waals surface area contributed by atoms with E-state index in [-0.39, 0.29) is 28.4 Å². The van der Waals surface area contributed by atoms with Crippen LogP contribution in [0.2, 0.25) is 0 Å². The first-order chi connectivity index (χ1) is 24.9. The number of ketones is 1. The topological polar surface area (TPSA) is 104 Å². The number of allylic oxidation sites excluding steroid dienone is 4. The molecule has 0 aromatic heterocycles. The molecular formula is C43H42O7S2. The zero-order valence-corrected chi connectivity index (χ0v) is 30.8. The van der Waals surface area contributed by atoms with Crippen LogP contribution in [-0.4, -0.2) is 22.6 Å². The Labute approximate surface area is 307 Å². The predicted octanol–water partition coefficient (Wildman–Crippen LogP) is 8.82. The van der Waals surface area contributed by atoms with Gasteiger partial charge >= 0.3 is 0 Å². The zero-order valence-electron chi connectivity index (χ0n) is 29.2. The van der Waals surface area contributed by atoms with E-state index in [9.17, 15) is 21.6 Å². The van der Waals surface area contributed by atoms with E-state index in [0.717, 1.165) is 11.1 Å². The first-order valence-electron chi connectivity index (χ1n) is 17.3. The van der Waals surface area contributed by atoms with Gasteiger partial charge < -0.3 is 0 Å². The number of hydrogen-bond acceptors (Lipinski definition) is 7. The first-order valence-corrected chi connectivity index (χ1v) is 20.1. The van der Waals surface area contributed by atoms with Crippen molar-refractivity contribution in [3.8, 4) is 0 Å². The Hall–Kier alpha value is -4.67. The van der Waals surface area contributed by atoms with Gasteiger partial charge in [-0.3, -0.25) is 4.79 Å². The molecule has 52 heavy (non-hydrogen) atoms. The Bertz CT molecular complexity index is 2050. The van der Waals surface area contributed by atoms with Gasteiger partial charge in [0.05, 0.1) is 9.79 Å². The minimum absolute atomic E-state index is 0.0439. The number of rotatable bonds is 14. The maximum Gasteiger partial charge on any atom is 0.298 e. The van der Waals surface area contributed by atoms with Crippen LogP contribution < -0.4 is 0 Å². The first kappa shape index (κ1) is 37.1. The van der Waals surface area contributed by atoms with Crippen LogP contribution in [0, 0.1) is 25.7 Å². The molecule has 6 rings (SSSR count). The molecule has 0 heterocycles. The van der Waals surface area contributed by atoms with E-state index >= 15 is 0 Å². The monoisotopic (exact) mass is 734 g/mol. The van der Waals surface area contributed by atoms with Gasteiger partial charge in [-0.1, -0.05) is 133 Å². The van der Waals surface area contributed by atoms with Gasteiger partial charge in [0, 0.05) is 24.7 Å². The predicted molar refractivity (Wildman–Crippen MR) is 202 cm³/mol. The van der Waals surface area contributed by atoms with E-state index in [1.165, 1.54) is 24.3 Å². The summed E-state index contributed by atoms with van der Waals surface area (Å²) in [6, 6.07) is 31.4. The average Bonchev–Trinajstić information content (AvgIpc) is 3.15. The van der Waals surface area contributed by atoms with Crippen LogP contribution in [0.5, 0.6) is 0 Å². The summed E-state index contributed by atoms with van der Waals surface area (Å²) in [4.78, 5) is 13.8. The van der Waals surface area contributed by atoms with E-state index in [2.05, 4.69) is 0 Å². The molecule has 268 valence electrons. The van der Waals surface area contributed by atoms with E-state index in [1.54, 1.807) is 48.6 Å². The normalized spacial score (nSPS) is 22.7. The number of benzene rings is 4. The molecule has 4 atom stereocenters. The van der Waals surface area contributed by atoms with Gasteiger partial charge in [0.15, 0.2) is 0 Å². The lowest BCUT2D eigenvalue weighted by molar-refractivity contribution is -0.120. The molecule has 4 aromatic carbocycles. The van der Waals surface area contributed by atoms with Gasteiger partial charge in [-0.2, -0.15) is 16.8 Å². The molecule has 0 bridgehead atoms. The molecule has 7 nitrogen and oxygen atoms in total. The van der Waals surface area contributed by atoms with E-state index in [0.29, 0.717) is 24.0 Å². The molecule has 0 saturated carbocycles. The summed E-state index contributed by atoms with van der Waals surface area (Å²) in [7, 11) is -8.41. The maximum absolute atomic E-state index is 13.7. The molecule has 0 saturated heterocycles. The summed E-state index contributed by atoms with van der Waals surface area (Å²) in [5.74, 6) is -1.00. The smallest absolute Gasteiger partial charge is 0.298 e. The summed E-state index contributed by atoms with van der Waals surface area (Å²) in [5.41, 5.74) is 0.405. The second kappa shape index (κ2) is 15.5. The van der Waals surface area contributed by atoms with Crippen molar-refractivity contribution >= 4 is 26.0 Å². The Kier molecular flexibility index (Phi) is 11.1. The van der Waals surface area contributed by atoms with Gasteiger partial charge in [0.2, 0.25) is 0 Å². The highest BCUT2D eigenvalue weighted by atomic mass is 32.2.